The third-order valence-corrected chi connectivity index (χ3v) is 3.17. The first-order valence-electron chi connectivity index (χ1n) is 6.41. The Morgan fingerprint density at radius 2 is 1.72 bits per heavy atom. The fourth-order valence-corrected chi connectivity index (χ4v) is 2.08. The normalized spacial score (nSPS) is 11.6. The number of hydrogen-bond donors (Lipinski definition) is 0. The molecule has 2 rings (SSSR count). The molecular weight excluding hydrogens is 218 g/mol. The van der Waals surface area contributed by atoms with Crippen LogP contribution in [0.1, 0.15) is 30.5 Å². The summed E-state index contributed by atoms with van der Waals surface area (Å²) >= 11 is 0. The molecule has 0 N–H and O–H groups in total. The fraction of sp³-hybridized carbons (Fsp3) is 0.235. The van der Waals surface area contributed by atoms with Crippen molar-refractivity contribution >= 4 is 11.4 Å². The zero-order chi connectivity index (χ0) is 13.0. The predicted octanol–water partition coefficient (Wildman–Crippen LogP) is 4.70. The first-order valence-corrected chi connectivity index (χ1v) is 6.41. The van der Waals surface area contributed by atoms with Gasteiger partial charge in [-0.25, -0.2) is 0 Å². The van der Waals surface area contributed by atoms with E-state index in [9.17, 15) is 0 Å². The lowest BCUT2D eigenvalue weighted by molar-refractivity contribution is 1.12. The van der Waals surface area contributed by atoms with E-state index in [0.717, 1.165) is 17.8 Å². The van der Waals surface area contributed by atoms with E-state index in [1.807, 2.05) is 18.2 Å². The predicted molar refractivity (Wildman–Crippen MR) is 78.9 cm³/mol. The van der Waals surface area contributed by atoms with Crippen molar-refractivity contribution in [2.45, 2.75) is 27.2 Å². The van der Waals surface area contributed by atoms with Crippen LogP contribution in [0, 0.1) is 6.92 Å². The Labute approximate surface area is 109 Å². The van der Waals surface area contributed by atoms with Crippen LogP contribution < -0.4 is 0 Å². The molecule has 0 bridgehead atoms. The minimum atomic E-state index is 1.02. The fourth-order valence-electron chi connectivity index (χ4n) is 2.08. The van der Waals surface area contributed by atoms with Crippen LogP contribution in [-0.2, 0) is 6.42 Å². The summed E-state index contributed by atoms with van der Waals surface area (Å²) in [4.78, 5) is 4.82. The summed E-state index contributed by atoms with van der Waals surface area (Å²) in [6, 6.07) is 16.7. The molecule has 0 amide bonds. The number of aliphatic imine (C=N–C) groups is 1. The smallest absolute Gasteiger partial charge is 0.0694 e. The van der Waals surface area contributed by atoms with Gasteiger partial charge in [0.15, 0.2) is 0 Å². The Morgan fingerprint density at radius 3 is 2.39 bits per heavy atom. The Kier molecular flexibility index (Phi) is 3.93. The molecule has 0 fully saturated rings. The van der Waals surface area contributed by atoms with Crippen LogP contribution >= 0.6 is 0 Å². The summed E-state index contributed by atoms with van der Waals surface area (Å²) in [5.41, 5.74) is 5.93. The Bertz CT molecular complexity index is 553. The second-order valence-corrected chi connectivity index (χ2v) is 4.50. The van der Waals surface area contributed by atoms with Crippen LogP contribution in [0.15, 0.2) is 53.5 Å². The van der Waals surface area contributed by atoms with Gasteiger partial charge in [0.1, 0.15) is 0 Å². The molecule has 2 aromatic rings. The van der Waals surface area contributed by atoms with E-state index < -0.39 is 0 Å². The Hall–Kier alpha value is -1.89. The average molecular weight is 237 g/mol. The lowest BCUT2D eigenvalue weighted by Gasteiger charge is -2.08. The van der Waals surface area contributed by atoms with Gasteiger partial charge in [0, 0.05) is 5.71 Å². The molecule has 0 aromatic heterocycles. The van der Waals surface area contributed by atoms with Crippen molar-refractivity contribution in [1.82, 2.24) is 0 Å². The van der Waals surface area contributed by atoms with Gasteiger partial charge in [0.2, 0.25) is 0 Å². The summed E-state index contributed by atoms with van der Waals surface area (Å²) < 4.78 is 0. The maximum absolute atomic E-state index is 4.82. The summed E-state index contributed by atoms with van der Waals surface area (Å²) in [5.74, 6) is 0. The molecule has 0 unspecified atom stereocenters. The molecule has 18 heavy (non-hydrogen) atoms. The highest BCUT2D eigenvalue weighted by molar-refractivity contribution is 6.00. The van der Waals surface area contributed by atoms with Crippen LogP contribution in [0.3, 0.4) is 0 Å². The quantitative estimate of drug-likeness (QED) is 0.686. The van der Waals surface area contributed by atoms with Crippen molar-refractivity contribution in [1.29, 1.82) is 0 Å². The molecule has 0 heterocycles. The third-order valence-electron chi connectivity index (χ3n) is 3.17. The molecule has 1 heteroatoms. The zero-order valence-corrected chi connectivity index (χ0v) is 11.3. The minimum absolute atomic E-state index is 1.02. The third kappa shape index (κ3) is 2.67. The molecule has 0 atom stereocenters. The minimum Gasteiger partial charge on any atom is -0.253 e. The van der Waals surface area contributed by atoms with E-state index in [2.05, 4.69) is 51.1 Å². The SMILES string of the molecule is CCc1cccc(C)c1N=C(C)c1ccccc1. The largest absolute Gasteiger partial charge is 0.253 e. The summed E-state index contributed by atoms with van der Waals surface area (Å²) in [6.45, 7) is 6.36. The topological polar surface area (TPSA) is 12.4 Å². The van der Waals surface area contributed by atoms with Gasteiger partial charge < -0.3 is 0 Å². The zero-order valence-electron chi connectivity index (χ0n) is 11.3. The Balaban J connectivity index is 2.45. The van der Waals surface area contributed by atoms with Crippen molar-refractivity contribution in [3.63, 3.8) is 0 Å². The number of hydrogen-bond acceptors (Lipinski definition) is 1. The highest BCUT2D eigenvalue weighted by Gasteiger charge is 2.04. The molecule has 0 spiro atoms. The van der Waals surface area contributed by atoms with Gasteiger partial charge in [-0.2, -0.15) is 0 Å². The molecule has 0 radical (unpaired) electrons. The number of nitrogens with zero attached hydrogens (tertiary/aromatic N) is 1. The van der Waals surface area contributed by atoms with Crippen molar-refractivity contribution in [2.24, 2.45) is 4.99 Å². The van der Waals surface area contributed by atoms with Crippen LogP contribution in [-0.4, -0.2) is 5.71 Å². The maximum Gasteiger partial charge on any atom is 0.0694 e. The lowest BCUT2D eigenvalue weighted by atomic mass is 10.1. The van der Waals surface area contributed by atoms with Gasteiger partial charge in [-0.3, -0.25) is 4.99 Å². The van der Waals surface area contributed by atoms with E-state index in [1.165, 1.54) is 16.7 Å². The van der Waals surface area contributed by atoms with Crippen molar-refractivity contribution < 1.29 is 0 Å². The monoisotopic (exact) mass is 237 g/mol. The lowest BCUT2D eigenvalue weighted by Crippen LogP contribution is -1.95. The summed E-state index contributed by atoms with van der Waals surface area (Å²) in [7, 11) is 0. The molecule has 0 aliphatic heterocycles. The van der Waals surface area contributed by atoms with E-state index in [1.54, 1.807) is 0 Å². The molecule has 0 aliphatic rings. The van der Waals surface area contributed by atoms with Gasteiger partial charge in [0.25, 0.3) is 0 Å². The van der Waals surface area contributed by atoms with Gasteiger partial charge in [-0.15, -0.1) is 0 Å². The van der Waals surface area contributed by atoms with E-state index >= 15 is 0 Å². The second kappa shape index (κ2) is 5.63. The second-order valence-electron chi connectivity index (χ2n) is 4.50. The average Bonchev–Trinajstić information content (AvgIpc) is 2.42. The first kappa shape index (κ1) is 12.6. The molecule has 1 nitrogen and oxygen atoms in total. The number of rotatable bonds is 3. The number of benzene rings is 2. The van der Waals surface area contributed by atoms with E-state index in [-0.39, 0.29) is 0 Å². The standard InChI is InChI=1S/C17H19N/c1-4-15-12-8-9-13(2)17(15)18-14(3)16-10-6-5-7-11-16/h5-12H,4H2,1-3H3. The van der Waals surface area contributed by atoms with Gasteiger partial charge >= 0.3 is 0 Å². The van der Waals surface area contributed by atoms with Crippen LogP contribution in [0.5, 0.6) is 0 Å². The molecule has 0 saturated carbocycles. The maximum atomic E-state index is 4.82. The van der Waals surface area contributed by atoms with Gasteiger partial charge in [0.05, 0.1) is 5.69 Å². The van der Waals surface area contributed by atoms with E-state index in [0.29, 0.717) is 0 Å². The summed E-state index contributed by atoms with van der Waals surface area (Å²) in [6.07, 6.45) is 1.02. The molecule has 2 aromatic carbocycles. The van der Waals surface area contributed by atoms with Gasteiger partial charge in [-0.1, -0.05) is 55.5 Å². The van der Waals surface area contributed by atoms with Crippen molar-refractivity contribution in [2.75, 3.05) is 0 Å². The van der Waals surface area contributed by atoms with Gasteiger partial charge in [-0.05, 0) is 37.0 Å². The van der Waals surface area contributed by atoms with Crippen LogP contribution in [0.2, 0.25) is 0 Å². The highest BCUT2D eigenvalue weighted by Crippen LogP contribution is 2.25. The van der Waals surface area contributed by atoms with E-state index in [4.69, 9.17) is 4.99 Å². The van der Waals surface area contributed by atoms with Crippen LogP contribution in [0.4, 0.5) is 5.69 Å². The molecule has 0 aliphatic carbocycles. The van der Waals surface area contributed by atoms with Crippen molar-refractivity contribution in [3.8, 4) is 0 Å². The highest BCUT2D eigenvalue weighted by atomic mass is 14.8. The Morgan fingerprint density at radius 1 is 1.00 bits per heavy atom. The summed E-state index contributed by atoms with van der Waals surface area (Å²) in [5, 5.41) is 0. The molecule has 92 valence electrons. The van der Waals surface area contributed by atoms with Crippen molar-refractivity contribution in [3.05, 3.63) is 65.2 Å². The molecular formula is C17H19N. The molecule has 0 saturated heterocycles. The number of aryl methyl sites for hydroxylation is 2. The first-order chi connectivity index (χ1) is 8.72. The number of para-hydroxylation sites is 1. The van der Waals surface area contributed by atoms with Crippen LogP contribution in [0.25, 0.3) is 0 Å².